The Bertz CT molecular complexity index is 1090. The van der Waals surface area contributed by atoms with Crippen molar-refractivity contribution in [1.29, 1.82) is 0 Å². The lowest BCUT2D eigenvalue weighted by Crippen LogP contribution is -2.42. The molecule has 2 aromatic carbocycles. The third kappa shape index (κ3) is 2.92. The number of rotatable bonds is 5. The number of amides is 1. The van der Waals surface area contributed by atoms with Crippen molar-refractivity contribution in [3.63, 3.8) is 0 Å². The topological polar surface area (TPSA) is 75.7 Å². The first-order valence-corrected chi connectivity index (χ1v) is 12.7. The van der Waals surface area contributed by atoms with E-state index in [9.17, 15) is 13.2 Å². The van der Waals surface area contributed by atoms with E-state index in [0.29, 0.717) is 24.3 Å². The van der Waals surface area contributed by atoms with Gasteiger partial charge in [0.25, 0.3) is 0 Å². The number of benzene rings is 2. The van der Waals surface area contributed by atoms with Gasteiger partial charge >= 0.3 is 0 Å². The van der Waals surface area contributed by atoms with Crippen LogP contribution < -0.4 is 14.4 Å². The lowest BCUT2D eigenvalue weighted by molar-refractivity contribution is -0.116. The van der Waals surface area contributed by atoms with E-state index >= 15 is 0 Å². The Morgan fingerprint density at radius 2 is 1.80 bits per heavy atom. The molecular weight excluding hydrogens is 420 g/mol. The Balaban J connectivity index is 1.35. The van der Waals surface area contributed by atoms with Gasteiger partial charge in [-0.2, -0.15) is 11.8 Å². The number of nitrogens with one attached hydrogen (secondary N) is 1. The largest absolute Gasteiger partial charge is 0.489 e. The summed E-state index contributed by atoms with van der Waals surface area (Å²) in [5, 5.41) is 2.83. The van der Waals surface area contributed by atoms with Gasteiger partial charge in [-0.15, -0.1) is 0 Å². The van der Waals surface area contributed by atoms with Crippen LogP contribution in [-0.2, 0) is 14.8 Å². The van der Waals surface area contributed by atoms with Crippen LogP contribution in [0, 0.1) is 19.8 Å². The number of fused-ring (bicyclic) bond motifs is 1. The highest BCUT2D eigenvalue weighted by atomic mass is 32.2. The molecule has 158 valence electrons. The second-order valence-electron chi connectivity index (χ2n) is 8.32. The van der Waals surface area contributed by atoms with E-state index in [0.717, 1.165) is 28.4 Å². The fourth-order valence-electron chi connectivity index (χ4n) is 4.46. The minimum atomic E-state index is -3.80. The Morgan fingerprint density at radius 1 is 1.13 bits per heavy atom. The molecule has 1 amide bonds. The molecule has 5 rings (SSSR count). The molecule has 0 bridgehead atoms. The first kappa shape index (κ1) is 19.8. The summed E-state index contributed by atoms with van der Waals surface area (Å²) in [5.41, 5.74) is 3.08. The van der Waals surface area contributed by atoms with Gasteiger partial charge in [-0.05, 0) is 55.7 Å². The molecule has 2 aliphatic heterocycles. The quantitative estimate of drug-likeness (QED) is 0.766. The summed E-state index contributed by atoms with van der Waals surface area (Å²) in [4.78, 5) is 13.1. The maximum atomic E-state index is 13.5. The van der Waals surface area contributed by atoms with Gasteiger partial charge < -0.3 is 10.1 Å². The number of para-hydroxylation sites is 1. The number of thioether (sulfide) groups is 1. The molecule has 0 aromatic heterocycles. The zero-order valence-electron chi connectivity index (χ0n) is 16.9. The molecule has 1 N–H and O–H groups in total. The van der Waals surface area contributed by atoms with Crippen molar-refractivity contribution in [3.05, 3.63) is 53.6 Å². The predicted octanol–water partition coefficient (Wildman–Crippen LogP) is 3.34. The monoisotopic (exact) mass is 444 g/mol. The molecule has 3 aliphatic rings. The predicted molar refractivity (Wildman–Crippen MR) is 120 cm³/mol. The van der Waals surface area contributed by atoms with E-state index in [2.05, 4.69) is 5.32 Å². The molecule has 6 nitrogen and oxygen atoms in total. The SMILES string of the molecule is Cc1cccc(C)c1N1C[C@H]2C[C@@]2(C(=O)Nc2ccc(OC3CSC3)cc2)S1(=O)=O. The second kappa shape index (κ2) is 6.92. The molecule has 2 heterocycles. The number of anilines is 2. The van der Waals surface area contributed by atoms with Gasteiger partial charge in [-0.1, -0.05) is 18.2 Å². The molecule has 0 unspecified atom stereocenters. The van der Waals surface area contributed by atoms with Gasteiger partial charge in [0.05, 0.1) is 5.69 Å². The number of hydrogen-bond donors (Lipinski definition) is 1. The Morgan fingerprint density at radius 3 is 2.40 bits per heavy atom. The van der Waals surface area contributed by atoms with E-state index in [1.165, 1.54) is 4.31 Å². The van der Waals surface area contributed by atoms with Crippen LogP contribution in [0.5, 0.6) is 5.75 Å². The number of nitrogens with zero attached hydrogens (tertiary/aromatic N) is 1. The van der Waals surface area contributed by atoms with Gasteiger partial charge in [0.15, 0.2) is 4.75 Å². The molecule has 1 aliphatic carbocycles. The Hall–Kier alpha value is -2.19. The Kier molecular flexibility index (Phi) is 4.56. The lowest BCUT2D eigenvalue weighted by atomic mass is 10.1. The van der Waals surface area contributed by atoms with Crippen molar-refractivity contribution in [3.8, 4) is 5.75 Å². The van der Waals surface area contributed by atoms with E-state index in [1.54, 1.807) is 12.1 Å². The van der Waals surface area contributed by atoms with Crippen molar-refractivity contribution >= 4 is 39.1 Å². The number of carbonyl (C=O) groups is 1. The van der Waals surface area contributed by atoms with Crippen LogP contribution in [0.4, 0.5) is 11.4 Å². The van der Waals surface area contributed by atoms with E-state index < -0.39 is 20.7 Å². The first-order chi connectivity index (χ1) is 14.3. The lowest BCUT2D eigenvalue weighted by Gasteiger charge is -2.26. The van der Waals surface area contributed by atoms with Crippen molar-refractivity contribution < 1.29 is 17.9 Å². The summed E-state index contributed by atoms with van der Waals surface area (Å²) in [5.74, 6) is 2.13. The number of ether oxygens (including phenoxy) is 1. The van der Waals surface area contributed by atoms with Crippen LogP contribution >= 0.6 is 11.8 Å². The number of sulfonamides is 1. The second-order valence-corrected chi connectivity index (χ2v) is 11.5. The fourth-order valence-corrected chi connectivity index (χ4v) is 7.52. The van der Waals surface area contributed by atoms with Gasteiger partial charge in [-0.3, -0.25) is 9.10 Å². The fraction of sp³-hybridized carbons (Fsp3) is 0.409. The zero-order chi connectivity index (χ0) is 21.1. The summed E-state index contributed by atoms with van der Waals surface area (Å²) in [7, 11) is -3.80. The number of hydrogen-bond acceptors (Lipinski definition) is 5. The third-order valence-electron chi connectivity index (χ3n) is 6.28. The van der Waals surface area contributed by atoms with Crippen LogP contribution in [-0.4, -0.2) is 43.2 Å². The highest BCUT2D eigenvalue weighted by Gasteiger charge is 2.75. The first-order valence-electron chi connectivity index (χ1n) is 10.1. The minimum absolute atomic E-state index is 0.180. The molecule has 2 atom stereocenters. The van der Waals surface area contributed by atoms with E-state index in [-0.39, 0.29) is 12.0 Å². The summed E-state index contributed by atoms with van der Waals surface area (Å²) >= 11 is 1.85. The normalized spacial score (nSPS) is 26.6. The highest BCUT2D eigenvalue weighted by molar-refractivity contribution is 8.00. The van der Waals surface area contributed by atoms with Gasteiger partial charge in [-0.25, -0.2) is 8.42 Å². The highest BCUT2D eigenvalue weighted by Crippen LogP contribution is 2.59. The van der Waals surface area contributed by atoms with Gasteiger partial charge in [0, 0.05) is 29.7 Å². The van der Waals surface area contributed by atoms with Crippen LogP contribution in [0.3, 0.4) is 0 Å². The van der Waals surface area contributed by atoms with Crippen LogP contribution in [0.25, 0.3) is 0 Å². The van der Waals surface area contributed by atoms with E-state index in [4.69, 9.17) is 4.74 Å². The summed E-state index contributed by atoms with van der Waals surface area (Å²) < 4.78 is 32.8. The molecule has 2 saturated heterocycles. The summed E-state index contributed by atoms with van der Waals surface area (Å²) in [6, 6.07) is 12.9. The molecule has 2 aromatic rings. The third-order valence-corrected chi connectivity index (χ3v) is 10.0. The molecule has 30 heavy (non-hydrogen) atoms. The summed E-state index contributed by atoms with van der Waals surface area (Å²) in [6.45, 7) is 4.16. The number of carbonyl (C=O) groups excluding carboxylic acids is 1. The van der Waals surface area contributed by atoms with Crippen LogP contribution in [0.1, 0.15) is 17.5 Å². The molecule has 8 heteroatoms. The number of aryl methyl sites for hydroxylation is 2. The smallest absolute Gasteiger partial charge is 0.250 e. The van der Waals surface area contributed by atoms with Crippen molar-refractivity contribution in [1.82, 2.24) is 0 Å². The van der Waals surface area contributed by atoms with Crippen LogP contribution in [0.15, 0.2) is 42.5 Å². The molecular formula is C22H24N2O4S2. The molecule has 0 radical (unpaired) electrons. The van der Waals surface area contributed by atoms with Gasteiger partial charge in [0.2, 0.25) is 15.9 Å². The van der Waals surface area contributed by atoms with Gasteiger partial charge in [0.1, 0.15) is 11.9 Å². The standard InChI is InChI=1S/C22H24N2O4S2/c1-14-4-3-5-15(2)20(14)24-11-16-10-22(16,30(24,26)27)21(25)23-17-6-8-18(9-7-17)28-19-12-29-13-19/h3-9,16,19H,10-13H2,1-2H3,(H,23,25)/t16-,22-/m1/s1. The zero-order valence-corrected chi connectivity index (χ0v) is 18.6. The van der Waals surface area contributed by atoms with Crippen molar-refractivity contribution in [2.24, 2.45) is 5.92 Å². The maximum absolute atomic E-state index is 13.5. The van der Waals surface area contributed by atoms with Crippen molar-refractivity contribution in [2.45, 2.75) is 31.1 Å². The molecule has 1 saturated carbocycles. The molecule has 3 fully saturated rings. The van der Waals surface area contributed by atoms with Crippen molar-refractivity contribution in [2.75, 3.05) is 27.7 Å². The van der Waals surface area contributed by atoms with E-state index in [1.807, 2.05) is 55.9 Å². The average molecular weight is 445 g/mol. The summed E-state index contributed by atoms with van der Waals surface area (Å²) in [6.07, 6.45) is 0.629. The minimum Gasteiger partial charge on any atom is -0.489 e. The average Bonchev–Trinajstić information content (AvgIpc) is 3.36. The maximum Gasteiger partial charge on any atom is 0.250 e. The Labute approximate surface area is 181 Å². The molecule has 0 spiro atoms. The van der Waals surface area contributed by atoms with Crippen LogP contribution in [0.2, 0.25) is 0 Å².